The minimum Gasteiger partial charge on any atom is -0.383 e. The van der Waals surface area contributed by atoms with Gasteiger partial charge in [-0.15, -0.1) is 0 Å². The lowest BCUT2D eigenvalue weighted by molar-refractivity contribution is 0.0929. The van der Waals surface area contributed by atoms with Gasteiger partial charge in [0.05, 0.1) is 5.56 Å². The molecule has 4 heteroatoms. The van der Waals surface area contributed by atoms with E-state index in [2.05, 4.69) is 24.1 Å². The van der Waals surface area contributed by atoms with Crippen molar-refractivity contribution < 1.29 is 4.79 Å². The summed E-state index contributed by atoms with van der Waals surface area (Å²) in [6.07, 6.45) is 2.61. The molecule has 0 aliphatic rings. The van der Waals surface area contributed by atoms with Gasteiger partial charge in [0.1, 0.15) is 5.82 Å². The van der Waals surface area contributed by atoms with Gasteiger partial charge >= 0.3 is 0 Å². The van der Waals surface area contributed by atoms with Crippen LogP contribution in [0, 0.1) is 5.92 Å². The van der Waals surface area contributed by atoms with Crippen LogP contribution in [0.2, 0.25) is 0 Å². The molecule has 88 valence electrons. The fraction of sp³-hybridized carbons (Fsp3) is 0.500. The lowest BCUT2D eigenvalue weighted by Crippen LogP contribution is -2.37. The van der Waals surface area contributed by atoms with E-state index in [0.717, 1.165) is 6.42 Å². The molecule has 0 bridgehead atoms. The van der Waals surface area contributed by atoms with E-state index in [1.54, 1.807) is 18.3 Å². The number of amides is 1. The molecule has 1 rings (SSSR count). The summed E-state index contributed by atoms with van der Waals surface area (Å²) in [6, 6.07) is 3.53. The number of nitrogens with two attached hydrogens (primary N) is 1. The van der Waals surface area contributed by atoms with Crippen LogP contribution in [0.25, 0.3) is 0 Å². The maximum absolute atomic E-state index is 11.9. The zero-order valence-corrected chi connectivity index (χ0v) is 10.0. The van der Waals surface area contributed by atoms with Crippen LogP contribution in [0.1, 0.15) is 37.6 Å². The summed E-state index contributed by atoms with van der Waals surface area (Å²) >= 11 is 0. The molecule has 1 aromatic rings. The Hall–Kier alpha value is -1.58. The fourth-order valence-electron chi connectivity index (χ4n) is 1.39. The number of carbonyl (C=O) groups is 1. The van der Waals surface area contributed by atoms with E-state index in [9.17, 15) is 4.79 Å². The van der Waals surface area contributed by atoms with Crippen molar-refractivity contribution in [2.75, 3.05) is 5.73 Å². The van der Waals surface area contributed by atoms with Gasteiger partial charge < -0.3 is 11.1 Å². The molecule has 3 N–H and O–H groups in total. The number of carbonyl (C=O) groups excluding carboxylic acids is 1. The van der Waals surface area contributed by atoms with Gasteiger partial charge in [-0.25, -0.2) is 4.98 Å². The summed E-state index contributed by atoms with van der Waals surface area (Å²) in [5.74, 6) is 0.566. The number of anilines is 1. The second-order valence-electron chi connectivity index (χ2n) is 4.08. The predicted molar refractivity (Wildman–Crippen MR) is 65.0 cm³/mol. The van der Waals surface area contributed by atoms with Crippen molar-refractivity contribution in [3.63, 3.8) is 0 Å². The second-order valence-corrected chi connectivity index (χ2v) is 4.08. The lowest BCUT2D eigenvalue weighted by atomic mass is 10.0. The van der Waals surface area contributed by atoms with Crippen molar-refractivity contribution >= 4 is 11.7 Å². The van der Waals surface area contributed by atoms with Gasteiger partial charge in [-0.1, -0.05) is 20.3 Å². The second kappa shape index (κ2) is 5.49. The van der Waals surface area contributed by atoms with Gasteiger partial charge in [0.2, 0.25) is 0 Å². The average molecular weight is 221 g/mol. The first-order chi connectivity index (χ1) is 7.56. The van der Waals surface area contributed by atoms with E-state index in [-0.39, 0.29) is 17.8 Å². The highest BCUT2D eigenvalue weighted by Crippen LogP contribution is 2.10. The maximum atomic E-state index is 11.9. The standard InChI is InChI=1S/C12H19N3O/c1-4-8(2)9(3)15-12(16)10-6-5-7-14-11(10)13/h5-9H,4H2,1-3H3,(H2,13,14)(H,15,16). The Kier molecular flexibility index (Phi) is 4.28. The van der Waals surface area contributed by atoms with E-state index in [1.165, 1.54) is 0 Å². The molecule has 16 heavy (non-hydrogen) atoms. The molecule has 1 heterocycles. The van der Waals surface area contributed by atoms with Crippen LogP contribution >= 0.6 is 0 Å². The highest BCUT2D eigenvalue weighted by atomic mass is 16.1. The van der Waals surface area contributed by atoms with Crippen LogP contribution in [-0.2, 0) is 0 Å². The SMILES string of the molecule is CCC(C)C(C)NC(=O)c1cccnc1N. The summed E-state index contributed by atoms with van der Waals surface area (Å²) in [5, 5.41) is 2.93. The number of nitrogens with one attached hydrogen (secondary N) is 1. The molecular formula is C12H19N3O. The molecule has 1 amide bonds. The van der Waals surface area contributed by atoms with Crippen molar-refractivity contribution in [2.45, 2.75) is 33.2 Å². The van der Waals surface area contributed by atoms with Crippen LogP contribution in [0.4, 0.5) is 5.82 Å². The fourth-order valence-corrected chi connectivity index (χ4v) is 1.39. The molecule has 1 aromatic heterocycles. The molecule has 2 unspecified atom stereocenters. The van der Waals surface area contributed by atoms with Gasteiger partial charge in [-0.05, 0) is 25.0 Å². The number of pyridine rings is 1. The third-order valence-corrected chi connectivity index (χ3v) is 2.94. The van der Waals surface area contributed by atoms with Gasteiger partial charge in [-0.3, -0.25) is 4.79 Å². The van der Waals surface area contributed by atoms with Crippen LogP contribution < -0.4 is 11.1 Å². The molecule has 0 aliphatic heterocycles. The third kappa shape index (κ3) is 2.95. The molecule has 4 nitrogen and oxygen atoms in total. The number of nitrogen functional groups attached to an aromatic ring is 1. The van der Waals surface area contributed by atoms with Crippen molar-refractivity contribution in [3.8, 4) is 0 Å². The topological polar surface area (TPSA) is 68.0 Å². The van der Waals surface area contributed by atoms with Crippen LogP contribution in [-0.4, -0.2) is 16.9 Å². The van der Waals surface area contributed by atoms with E-state index >= 15 is 0 Å². The lowest BCUT2D eigenvalue weighted by Gasteiger charge is -2.20. The Balaban J connectivity index is 2.70. The minimum absolute atomic E-state index is 0.136. The first-order valence-electron chi connectivity index (χ1n) is 5.57. The Morgan fingerprint density at radius 2 is 2.25 bits per heavy atom. The summed E-state index contributed by atoms with van der Waals surface area (Å²) in [4.78, 5) is 15.8. The molecule has 0 fully saturated rings. The monoisotopic (exact) mass is 221 g/mol. The molecular weight excluding hydrogens is 202 g/mol. The minimum atomic E-state index is -0.154. The molecule has 0 aliphatic carbocycles. The zero-order valence-electron chi connectivity index (χ0n) is 10.0. The van der Waals surface area contributed by atoms with Crippen molar-refractivity contribution in [2.24, 2.45) is 5.92 Å². The molecule has 2 atom stereocenters. The molecule has 0 radical (unpaired) electrons. The number of nitrogens with zero attached hydrogens (tertiary/aromatic N) is 1. The Morgan fingerprint density at radius 3 is 2.81 bits per heavy atom. The summed E-state index contributed by atoms with van der Waals surface area (Å²) in [7, 11) is 0. The van der Waals surface area contributed by atoms with Gasteiger partial charge in [-0.2, -0.15) is 0 Å². The largest absolute Gasteiger partial charge is 0.383 e. The average Bonchev–Trinajstić information content (AvgIpc) is 2.28. The van der Waals surface area contributed by atoms with Gasteiger partial charge in [0, 0.05) is 12.2 Å². The van der Waals surface area contributed by atoms with E-state index in [0.29, 0.717) is 11.5 Å². The number of hydrogen-bond donors (Lipinski definition) is 2. The van der Waals surface area contributed by atoms with E-state index in [4.69, 9.17) is 5.73 Å². The third-order valence-electron chi connectivity index (χ3n) is 2.94. The summed E-state index contributed by atoms with van der Waals surface area (Å²) in [6.45, 7) is 6.21. The van der Waals surface area contributed by atoms with Gasteiger partial charge in [0.25, 0.3) is 5.91 Å². The Bertz CT molecular complexity index is 365. The van der Waals surface area contributed by atoms with Crippen molar-refractivity contribution in [1.29, 1.82) is 0 Å². The maximum Gasteiger partial charge on any atom is 0.255 e. The normalized spacial score (nSPS) is 14.2. The number of aromatic nitrogens is 1. The molecule has 0 saturated heterocycles. The van der Waals surface area contributed by atoms with Crippen LogP contribution in [0.5, 0.6) is 0 Å². The Morgan fingerprint density at radius 1 is 1.56 bits per heavy atom. The van der Waals surface area contributed by atoms with Crippen LogP contribution in [0.15, 0.2) is 18.3 Å². The molecule has 0 spiro atoms. The smallest absolute Gasteiger partial charge is 0.255 e. The number of hydrogen-bond acceptors (Lipinski definition) is 3. The summed E-state index contributed by atoms with van der Waals surface area (Å²) < 4.78 is 0. The van der Waals surface area contributed by atoms with Crippen LogP contribution in [0.3, 0.4) is 0 Å². The Labute approximate surface area is 96.3 Å². The first kappa shape index (κ1) is 12.5. The van der Waals surface area contributed by atoms with Crippen molar-refractivity contribution in [1.82, 2.24) is 10.3 Å². The summed E-state index contributed by atoms with van der Waals surface area (Å²) in [5.41, 5.74) is 6.08. The van der Waals surface area contributed by atoms with E-state index < -0.39 is 0 Å². The highest BCUT2D eigenvalue weighted by molar-refractivity contribution is 5.98. The quantitative estimate of drug-likeness (QED) is 0.815. The number of rotatable bonds is 4. The van der Waals surface area contributed by atoms with E-state index in [1.807, 2.05) is 6.92 Å². The first-order valence-corrected chi connectivity index (χ1v) is 5.57. The predicted octanol–water partition coefficient (Wildman–Crippen LogP) is 1.83. The van der Waals surface area contributed by atoms with Gasteiger partial charge in [0.15, 0.2) is 0 Å². The molecule has 0 saturated carbocycles. The zero-order chi connectivity index (χ0) is 12.1. The highest BCUT2D eigenvalue weighted by Gasteiger charge is 2.16. The molecule has 0 aromatic carbocycles. The van der Waals surface area contributed by atoms with Crippen molar-refractivity contribution in [3.05, 3.63) is 23.9 Å².